The van der Waals surface area contributed by atoms with Crippen LogP contribution in [0.2, 0.25) is 0 Å². The first-order valence-electron chi connectivity index (χ1n) is 11.6. The van der Waals surface area contributed by atoms with Gasteiger partial charge in [-0.1, -0.05) is 29.8 Å². The topological polar surface area (TPSA) is 79.4 Å². The zero-order valence-corrected chi connectivity index (χ0v) is 20.9. The average Bonchev–Trinajstić information content (AvgIpc) is 3.70. The van der Waals surface area contributed by atoms with Crippen LogP contribution < -0.4 is 9.47 Å². The normalized spacial score (nSPS) is 17.1. The fourth-order valence-corrected chi connectivity index (χ4v) is 5.70. The van der Waals surface area contributed by atoms with Crippen molar-refractivity contribution in [3.05, 3.63) is 53.6 Å². The number of hydrogen-bond donors (Lipinski definition) is 0. The molecule has 1 heterocycles. The van der Waals surface area contributed by atoms with Gasteiger partial charge in [-0.05, 0) is 37.5 Å². The third-order valence-electron chi connectivity index (χ3n) is 6.49. The molecule has 2 aliphatic rings. The van der Waals surface area contributed by atoms with Crippen molar-refractivity contribution in [1.82, 2.24) is 14.1 Å². The molecule has 1 saturated carbocycles. The Hall–Kier alpha value is -2.62. The Morgan fingerprint density at radius 2 is 1.62 bits per heavy atom. The molecule has 0 bridgehead atoms. The van der Waals surface area contributed by atoms with Crippen molar-refractivity contribution in [2.45, 2.75) is 37.2 Å². The predicted molar refractivity (Wildman–Crippen MR) is 129 cm³/mol. The van der Waals surface area contributed by atoms with Crippen LogP contribution in [0.1, 0.15) is 24.0 Å². The van der Waals surface area contributed by atoms with Gasteiger partial charge in [-0.3, -0.25) is 9.69 Å². The summed E-state index contributed by atoms with van der Waals surface area (Å²) >= 11 is 0. The lowest BCUT2D eigenvalue weighted by Crippen LogP contribution is -2.52. The van der Waals surface area contributed by atoms with E-state index in [1.807, 2.05) is 0 Å². The van der Waals surface area contributed by atoms with Gasteiger partial charge in [-0.15, -0.1) is 0 Å². The summed E-state index contributed by atoms with van der Waals surface area (Å²) < 4.78 is 38.2. The maximum atomic E-state index is 13.2. The third kappa shape index (κ3) is 5.54. The van der Waals surface area contributed by atoms with Gasteiger partial charge < -0.3 is 14.4 Å². The summed E-state index contributed by atoms with van der Waals surface area (Å²) in [5.41, 5.74) is 2.43. The quantitative estimate of drug-likeness (QED) is 0.541. The number of aryl methyl sites for hydroxylation is 1. The summed E-state index contributed by atoms with van der Waals surface area (Å²) in [6.45, 7) is 4.48. The van der Waals surface area contributed by atoms with E-state index in [1.54, 1.807) is 11.0 Å². The molecule has 0 unspecified atom stereocenters. The predicted octanol–water partition coefficient (Wildman–Crippen LogP) is 2.51. The average molecular weight is 488 g/mol. The van der Waals surface area contributed by atoms with Crippen molar-refractivity contribution in [2.24, 2.45) is 0 Å². The molecule has 4 rings (SSSR count). The molecule has 0 aromatic heterocycles. The Morgan fingerprint density at radius 1 is 0.971 bits per heavy atom. The van der Waals surface area contributed by atoms with Crippen LogP contribution in [0.25, 0.3) is 0 Å². The van der Waals surface area contributed by atoms with E-state index in [1.165, 1.54) is 41.8 Å². The first-order valence-corrected chi connectivity index (χ1v) is 13.1. The van der Waals surface area contributed by atoms with E-state index in [0.717, 1.165) is 19.4 Å². The van der Waals surface area contributed by atoms with Crippen molar-refractivity contribution < 1.29 is 22.7 Å². The summed E-state index contributed by atoms with van der Waals surface area (Å²) in [4.78, 5) is 17.2. The molecule has 2 aromatic rings. The number of hydrogen-bond acceptors (Lipinski definition) is 6. The Labute approximate surface area is 202 Å². The Morgan fingerprint density at radius 3 is 2.21 bits per heavy atom. The Balaban J connectivity index is 1.36. The number of sulfonamides is 1. The second-order valence-corrected chi connectivity index (χ2v) is 10.9. The standard InChI is InChI=1S/C25H33N3O5S/c1-19-4-6-20(7-5-19)17-27(21-8-9-21)18-25(29)26-12-14-28(15-13-26)34(30,31)22-10-11-23(32-2)24(16-22)33-3/h4-7,10-11,16,21H,8-9,12-15,17-18H2,1-3H3. The number of amides is 1. The number of benzene rings is 2. The van der Waals surface area contributed by atoms with Crippen LogP contribution in [-0.4, -0.2) is 81.4 Å². The summed E-state index contributed by atoms with van der Waals surface area (Å²) in [7, 11) is -0.708. The molecule has 1 saturated heterocycles. The molecule has 2 fully saturated rings. The minimum absolute atomic E-state index is 0.0576. The number of ether oxygens (including phenoxy) is 2. The number of methoxy groups -OCH3 is 2. The van der Waals surface area contributed by atoms with Gasteiger partial charge in [0.05, 0.1) is 25.7 Å². The van der Waals surface area contributed by atoms with E-state index in [2.05, 4.69) is 36.1 Å². The van der Waals surface area contributed by atoms with Crippen molar-refractivity contribution in [1.29, 1.82) is 0 Å². The highest BCUT2D eigenvalue weighted by molar-refractivity contribution is 7.89. The molecular formula is C25H33N3O5S. The molecule has 9 heteroatoms. The van der Waals surface area contributed by atoms with Gasteiger partial charge in [0.2, 0.25) is 15.9 Å². The fraction of sp³-hybridized carbons (Fsp3) is 0.480. The first kappa shape index (κ1) is 24.5. The highest BCUT2D eigenvalue weighted by Crippen LogP contribution is 2.31. The molecule has 8 nitrogen and oxygen atoms in total. The van der Waals surface area contributed by atoms with Crippen molar-refractivity contribution >= 4 is 15.9 Å². The van der Waals surface area contributed by atoms with Crippen molar-refractivity contribution in [3.63, 3.8) is 0 Å². The maximum absolute atomic E-state index is 13.2. The van der Waals surface area contributed by atoms with Crippen molar-refractivity contribution in [3.8, 4) is 11.5 Å². The third-order valence-corrected chi connectivity index (χ3v) is 8.39. The molecule has 1 amide bonds. The number of rotatable bonds is 9. The van der Waals surface area contributed by atoms with E-state index in [9.17, 15) is 13.2 Å². The molecule has 34 heavy (non-hydrogen) atoms. The van der Waals surface area contributed by atoms with E-state index >= 15 is 0 Å². The van der Waals surface area contributed by atoms with E-state index in [-0.39, 0.29) is 23.9 Å². The highest BCUT2D eigenvalue weighted by atomic mass is 32.2. The van der Waals surface area contributed by atoms with E-state index in [0.29, 0.717) is 37.2 Å². The molecule has 1 aliphatic heterocycles. The van der Waals surface area contributed by atoms with Crippen LogP contribution >= 0.6 is 0 Å². The highest BCUT2D eigenvalue weighted by Gasteiger charge is 2.34. The first-order chi connectivity index (χ1) is 16.3. The fourth-order valence-electron chi connectivity index (χ4n) is 4.26. The Kier molecular flexibility index (Phi) is 7.45. The van der Waals surface area contributed by atoms with Crippen LogP contribution in [0.15, 0.2) is 47.4 Å². The molecule has 0 spiro atoms. The van der Waals surface area contributed by atoms with Crippen LogP contribution in [0.4, 0.5) is 0 Å². The lowest BCUT2D eigenvalue weighted by Gasteiger charge is -2.35. The molecular weight excluding hydrogens is 454 g/mol. The lowest BCUT2D eigenvalue weighted by molar-refractivity contribution is -0.133. The second kappa shape index (κ2) is 10.3. The van der Waals surface area contributed by atoms with Gasteiger partial charge in [-0.25, -0.2) is 8.42 Å². The minimum Gasteiger partial charge on any atom is -0.493 e. The SMILES string of the molecule is COc1ccc(S(=O)(=O)N2CCN(C(=O)CN(Cc3ccc(C)cc3)C3CC3)CC2)cc1OC. The van der Waals surface area contributed by atoms with Crippen LogP contribution in [0, 0.1) is 6.92 Å². The van der Waals surface area contributed by atoms with Gasteiger partial charge in [-0.2, -0.15) is 4.31 Å². The monoisotopic (exact) mass is 487 g/mol. The molecule has 184 valence electrons. The molecule has 2 aromatic carbocycles. The number of piperazine rings is 1. The Bertz CT molecular complexity index is 1110. The molecule has 0 N–H and O–H groups in total. The maximum Gasteiger partial charge on any atom is 0.243 e. The summed E-state index contributed by atoms with van der Waals surface area (Å²) in [5.74, 6) is 0.899. The van der Waals surface area contributed by atoms with Gasteiger partial charge >= 0.3 is 0 Å². The number of carbonyl (C=O) groups is 1. The van der Waals surface area contributed by atoms with E-state index < -0.39 is 10.0 Å². The zero-order chi connectivity index (χ0) is 24.3. The second-order valence-electron chi connectivity index (χ2n) is 8.92. The van der Waals surface area contributed by atoms with Gasteiger partial charge in [0.25, 0.3) is 0 Å². The zero-order valence-electron chi connectivity index (χ0n) is 20.1. The number of carbonyl (C=O) groups excluding carboxylic acids is 1. The van der Waals surface area contributed by atoms with Gasteiger partial charge in [0.15, 0.2) is 11.5 Å². The number of nitrogens with zero attached hydrogens (tertiary/aromatic N) is 3. The summed E-state index contributed by atoms with van der Waals surface area (Å²) in [5, 5.41) is 0. The molecule has 1 aliphatic carbocycles. The summed E-state index contributed by atoms with van der Waals surface area (Å²) in [6.07, 6.45) is 2.24. The van der Waals surface area contributed by atoms with Crippen LogP contribution in [-0.2, 0) is 21.4 Å². The largest absolute Gasteiger partial charge is 0.493 e. The summed E-state index contributed by atoms with van der Waals surface area (Å²) in [6, 6.07) is 13.5. The van der Waals surface area contributed by atoms with Gasteiger partial charge in [0, 0.05) is 44.8 Å². The smallest absolute Gasteiger partial charge is 0.243 e. The lowest BCUT2D eigenvalue weighted by atomic mass is 10.1. The van der Waals surface area contributed by atoms with Crippen molar-refractivity contribution in [2.75, 3.05) is 46.9 Å². The molecule has 0 radical (unpaired) electrons. The van der Waals surface area contributed by atoms with Crippen LogP contribution in [0.5, 0.6) is 11.5 Å². The molecule has 0 atom stereocenters. The minimum atomic E-state index is -3.69. The van der Waals surface area contributed by atoms with Crippen LogP contribution in [0.3, 0.4) is 0 Å². The van der Waals surface area contributed by atoms with Gasteiger partial charge in [0.1, 0.15) is 0 Å². The van der Waals surface area contributed by atoms with E-state index in [4.69, 9.17) is 9.47 Å².